The van der Waals surface area contributed by atoms with Crippen LogP contribution in [0, 0.1) is 17.1 Å². The van der Waals surface area contributed by atoms with Crippen molar-refractivity contribution >= 4 is 23.1 Å². The predicted octanol–water partition coefficient (Wildman–Crippen LogP) is 4.15. The van der Waals surface area contributed by atoms with E-state index in [1.807, 2.05) is 18.2 Å². The lowest BCUT2D eigenvalue weighted by Crippen LogP contribution is -2.32. The molecule has 2 N–H and O–H groups in total. The van der Waals surface area contributed by atoms with E-state index < -0.39 is 5.82 Å². The van der Waals surface area contributed by atoms with Gasteiger partial charge in [-0.3, -0.25) is 4.79 Å². The van der Waals surface area contributed by atoms with E-state index in [1.54, 1.807) is 18.3 Å². The number of nitrogens with one attached hydrogen (secondary N) is 2. The van der Waals surface area contributed by atoms with Crippen LogP contribution in [0.5, 0.6) is 0 Å². The number of amides is 1. The third kappa shape index (κ3) is 4.53. The van der Waals surface area contributed by atoms with Crippen molar-refractivity contribution in [2.75, 3.05) is 29.9 Å². The molecule has 1 atom stereocenters. The Hall–Kier alpha value is -4.03. The highest BCUT2D eigenvalue weighted by molar-refractivity contribution is 6.04. The molecule has 2 aliphatic heterocycles. The molecular formula is C26H25FN6O2. The number of carbonyl (C=O) groups is 1. The monoisotopic (exact) mass is 472 g/mol. The number of hydrogen-bond acceptors (Lipinski definition) is 7. The van der Waals surface area contributed by atoms with Crippen molar-refractivity contribution in [3.63, 3.8) is 0 Å². The maximum atomic E-state index is 14.7. The Balaban J connectivity index is 1.45. The Labute approximate surface area is 202 Å². The molecule has 1 saturated heterocycles. The number of pyridine rings is 2. The second kappa shape index (κ2) is 9.68. The van der Waals surface area contributed by atoms with Crippen LogP contribution in [0.3, 0.4) is 0 Å². The van der Waals surface area contributed by atoms with Crippen LogP contribution < -0.4 is 15.5 Å². The fourth-order valence-electron chi connectivity index (χ4n) is 4.57. The van der Waals surface area contributed by atoms with Crippen molar-refractivity contribution < 1.29 is 13.9 Å². The first-order valence-corrected chi connectivity index (χ1v) is 11.7. The molecule has 9 heteroatoms. The zero-order valence-corrected chi connectivity index (χ0v) is 19.3. The van der Waals surface area contributed by atoms with Crippen LogP contribution in [0.25, 0.3) is 11.3 Å². The van der Waals surface area contributed by atoms with Gasteiger partial charge in [-0.1, -0.05) is 6.07 Å². The minimum Gasteiger partial charge on any atom is -0.376 e. The van der Waals surface area contributed by atoms with E-state index >= 15 is 0 Å². The largest absolute Gasteiger partial charge is 0.376 e. The molecular weight excluding hydrogens is 447 g/mol. The molecule has 3 aromatic rings. The number of ether oxygens (including phenoxy) is 1. The Kier molecular flexibility index (Phi) is 6.29. The second-order valence-corrected chi connectivity index (χ2v) is 8.53. The molecule has 1 fully saturated rings. The Morgan fingerprint density at radius 2 is 2.20 bits per heavy atom. The summed E-state index contributed by atoms with van der Waals surface area (Å²) in [4.78, 5) is 23.8. The minimum absolute atomic E-state index is 0.108. The molecule has 35 heavy (non-hydrogen) atoms. The van der Waals surface area contributed by atoms with Crippen LogP contribution in [0.4, 0.5) is 21.6 Å². The molecule has 0 bridgehead atoms. The van der Waals surface area contributed by atoms with Gasteiger partial charge in [0, 0.05) is 19.7 Å². The summed E-state index contributed by atoms with van der Waals surface area (Å²) in [5, 5.41) is 15.4. The lowest BCUT2D eigenvalue weighted by Gasteiger charge is -2.25. The topological polar surface area (TPSA) is 103 Å². The molecule has 1 unspecified atom stereocenters. The van der Waals surface area contributed by atoms with E-state index in [-0.39, 0.29) is 35.4 Å². The van der Waals surface area contributed by atoms with Gasteiger partial charge in [-0.25, -0.2) is 14.4 Å². The molecule has 0 radical (unpaired) electrons. The van der Waals surface area contributed by atoms with Gasteiger partial charge in [-0.2, -0.15) is 5.26 Å². The second-order valence-electron chi connectivity index (χ2n) is 8.53. The summed E-state index contributed by atoms with van der Waals surface area (Å²) in [6, 6.07) is 11.7. The summed E-state index contributed by atoms with van der Waals surface area (Å²) >= 11 is 0. The van der Waals surface area contributed by atoms with E-state index in [1.165, 1.54) is 12.1 Å². The van der Waals surface area contributed by atoms with Crippen LogP contribution in [0.1, 0.15) is 41.4 Å². The SMILES string of the molecule is CCN(CC1CCCO1)c1ccc(Nc2cc(-c3c(F)cccc3C#N)nc3c2C(=O)NC3)nc1. The number of hydrogen-bond donors (Lipinski definition) is 2. The van der Waals surface area contributed by atoms with Crippen molar-refractivity contribution in [2.24, 2.45) is 0 Å². The summed E-state index contributed by atoms with van der Waals surface area (Å²) in [7, 11) is 0. The summed E-state index contributed by atoms with van der Waals surface area (Å²) in [6.45, 7) is 4.79. The van der Waals surface area contributed by atoms with E-state index in [0.717, 1.165) is 38.2 Å². The van der Waals surface area contributed by atoms with Crippen molar-refractivity contribution in [1.82, 2.24) is 15.3 Å². The highest BCUT2D eigenvalue weighted by Gasteiger charge is 2.27. The average Bonchev–Trinajstić information content (AvgIpc) is 3.52. The standard InChI is InChI=1S/C26H25FN6O2/c1-2-33(15-18-6-4-10-35-18)17-8-9-23(29-13-17)32-21-11-20(31-22-14-30-26(34)25(21)22)24-16(12-28)5-3-7-19(24)27/h3,5,7-9,11,13,18H,2,4,6,10,14-15H2,1H3,(H,30,34)(H,29,31,32). The Bertz CT molecular complexity index is 1300. The average molecular weight is 473 g/mol. The number of nitriles is 1. The third-order valence-corrected chi connectivity index (χ3v) is 6.33. The number of halogens is 1. The van der Waals surface area contributed by atoms with Gasteiger partial charge in [-0.05, 0) is 50.1 Å². The maximum Gasteiger partial charge on any atom is 0.255 e. The van der Waals surface area contributed by atoms with Crippen LogP contribution in [-0.2, 0) is 11.3 Å². The molecule has 0 saturated carbocycles. The molecule has 178 valence electrons. The summed E-state index contributed by atoms with van der Waals surface area (Å²) < 4.78 is 20.5. The van der Waals surface area contributed by atoms with E-state index in [4.69, 9.17) is 4.74 Å². The van der Waals surface area contributed by atoms with Gasteiger partial charge in [-0.15, -0.1) is 0 Å². The molecule has 2 aromatic heterocycles. The fourth-order valence-corrected chi connectivity index (χ4v) is 4.57. The van der Waals surface area contributed by atoms with Gasteiger partial charge in [0.25, 0.3) is 5.91 Å². The van der Waals surface area contributed by atoms with Gasteiger partial charge < -0.3 is 20.3 Å². The highest BCUT2D eigenvalue weighted by Crippen LogP contribution is 2.33. The number of likely N-dealkylation sites (N-methyl/N-ethyl adjacent to an activating group) is 1. The number of rotatable bonds is 7. The van der Waals surface area contributed by atoms with Crippen LogP contribution in [0.2, 0.25) is 0 Å². The summed E-state index contributed by atoms with van der Waals surface area (Å²) in [5.74, 6) is -0.274. The van der Waals surface area contributed by atoms with Crippen molar-refractivity contribution in [2.45, 2.75) is 32.4 Å². The normalized spacial score (nSPS) is 16.5. The van der Waals surface area contributed by atoms with Gasteiger partial charge in [0.05, 0.1) is 64.4 Å². The van der Waals surface area contributed by atoms with Crippen molar-refractivity contribution in [1.29, 1.82) is 5.26 Å². The Morgan fingerprint density at radius 3 is 2.91 bits per heavy atom. The molecule has 1 aromatic carbocycles. The van der Waals surface area contributed by atoms with Gasteiger partial charge in [0.2, 0.25) is 0 Å². The summed E-state index contributed by atoms with van der Waals surface area (Å²) in [6.07, 6.45) is 4.18. The molecule has 8 nitrogen and oxygen atoms in total. The number of aromatic nitrogens is 2. The number of anilines is 3. The lowest BCUT2D eigenvalue weighted by molar-refractivity contribution is 0.0966. The van der Waals surface area contributed by atoms with E-state index in [2.05, 4.69) is 32.4 Å². The lowest BCUT2D eigenvalue weighted by atomic mass is 10.0. The molecule has 0 aliphatic carbocycles. The summed E-state index contributed by atoms with van der Waals surface area (Å²) in [5.41, 5.74) is 2.89. The fraction of sp³-hybridized carbons (Fsp3) is 0.308. The number of nitrogens with zero attached hydrogens (tertiary/aromatic N) is 4. The van der Waals surface area contributed by atoms with Crippen LogP contribution in [0.15, 0.2) is 42.6 Å². The third-order valence-electron chi connectivity index (χ3n) is 6.33. The van der Waals surface area contributed by atoms with Crippen LogP contribution in [-0.4, -0.2) is 41.7 Å². The molecule has 5 rings (SSSR count). The zero-order valence-electron chi connectivity index (χ0n) is 19.3. The van der Waals surface area contributed by atoms with Crippen molar-refractivity contribution in [3.8, 4) is 17.3 Å². The first kappa shape index (κ1) is 22.7. The minimum atomic E-state index is -0.548. The van der Waals surface area contributed by atoms with Crippen LogP contribution >= 0.6 is 0 Å². The highest BCUT2D eigenvalue weighted by atomic mass is 19.1. The Morgan fingerprint density at radius 1 is 1.31 bits per heavy atom. The molecule has 4 heterocycles. The zero-order chi connectivity index (χ0) is 24.4. The van der Waals surface area contributed by atoms with Gasteiger partial charge in [0.1, 0.15) is 11.6 Å². The van der Waals surface area contributed by atoms with Gasteiger partial charge in [0.15, 0.2) is 0 Å². The van der Waals surface area contributed by atoms with Gasteiger partial charge >= 0.3 is 0 Å². The predicted molar refractivity (Wildman–Crippen MR) is 130 cm³/mol. The smallest absolute Gasteiger partial charge is 0.255 e. The first-order chi connectivity index (χ1) is 17.1. The van der Waals surface area contributed by atoms with E-state index in [0.29, 0.717) is 22.8 Å². The molecule has 2 aliphatic rings. The molecule has 1 amide bonds. The molecule has 0 spiro atoms. The van der Waals surface area contributed by atoms with E-state index in [9.17, 15) is 14.4 Å². The number of carbonyl (C=O) groups excluding carboxylic acids is 1. The number of benzene rings is 1. The number of fused-ring (bicyclic) bond motifs is 1. The maximum absolute atomic E-state index is 14.7. The quantitative estimate of drug-likeness (QED) is 0.533. The first-order valence-electron chi connectivity index (χ1n) is 11.7. The van der Waals surface area contributed by atoms with Crippen molar-refractivity contribution in [3.05, 3.63) is 65.2 Å².